The van der Waals surface area contributed by atoms with Crippen LogP contribution in [0.1, 0.15) is 44.4 Å². The summed E-state index contributed by atoms with van der Waals surface area (Å²) in [6.45, 7) is 7.78. The van der Waals surface area contributed by atoms with Crippen LogP contribution in [0.5, 0.6) is 0 Å². The van der Waals surface area contributed by atoms with Crippen LogP contribution in [0.4, 0.5) is 4.79 Å². The van der Waals surface area contributed by atoms with Gasteiger partial charge in [0.1, 0.15) is 5.60 Å². The molecule has 0 bridgehead atoms. The summed E-state index contributed by atoms with van der Waals surface area (Å²) < 4.78 is 7.22. The SMILES string of the molecule is CCc1cn(C(=O)OC(C)(C)C)c2ccc(CCc3c[nH]c4ccccc34)cc12. The van der Waals surface area contributed by atoms with E-state index in [4.69, 9.17) is 4.74 Å². The number of aromatic nitrogens is 2. The average Bonchev–Trinajstić information content (AvgIpc) is 3.26. The number of carbonyl (C=O) groups is 1. The zero-order valence-electron chi connectivity index (χ0n) is 17.6. The molecule has 0 aliphatic rings. The van der Waals surface area contributed by atoms with E-state index < -0.39 is 5.60 Å². The minimum atomic E-state index is -0.515. The van der Waals surface area contributed by atoms with E-state index in [1.54, 1.807) is 4.57 Å². The van der Waals surface area contributed by atoms with Gasteiger partial charge in [-0.2, -0.15) is 0 Å². The van der Waals surface area contributed by atoms with Crippen LogP contribution in [0, 0.1) is 0 Å². The first-order valence-corrected chi connectivity index (χ1v) is 10.3. The minimum Gasteiger partial charge on any atom is -0.443 e. The average molecular weight is 389 g/mol. The van der Waals surface area contributed by atoms with Crippen molar-refractivity contribution in [3.63, 3.8) is 0 Å². The van der Waals surface area contributed by atoms with E-state index in [-0.39, 0.29) is 6.09 Å². The normalized spacial score (nSPS) is 12.0. The van der Waals surface area contributed by atoms with Crippen LogP contribution in [0.25, 0.3) is 21.8 Å². The quantitative estimate of drug-likeness (QED) is 0.449. The molecule has 4 aromatic rings. The third-order valence-electron chi connectivity index (χ3n) is 5.28. The Hall–Kier alpha value is -3.01. The van der Waals surface area contributed by atoms with Crippen LogP contribution in [-0.2, 0) is 24.0 Å². The predicted octanol–water partition coefficient (Wildman–Crippen LogP) is 6.25. The van der Waals surface area contributed by atoms with E-state index in [2.05, 4.69) is 54.5 Å². The summed E-state index contributed by atoms with van der Waals surface area (Å²) in [4.78, 5) is 16.0. The van der Waals surface area contributed by atoms with Crippen LogP contribution < -0.4 is 0 Å². The van der Waals surface area contributed by atoms with Crippen molar-refractivity contribution in [1.82, 2.24) is 9.55 Å². The second-order valence-corrected chi connectivity index (χ2v) is 8.57. The highest BCUT2D eigenvalue weighted by Crippen LogP contribution is 2.26. The van der Waals surface area contributed by atoms with Gasteiger partial charge in [-0.05, 0) is 74.9 Å². The Kier molecular flexibility index (Phi) is 4.95. The number of nitrogens with zero attached hydrogens (tertiary/aromatic N) is 1. The lowest BCUT2D eigenvalue weighted by Crippen LogP contribution is -2.26. The van der Waals surface area contributed by atoms with Crippen molar-refractivity contribution in [2.24, 2.45) is 0 Å². The topological polar surface area (TPSA) is 47.0 Å². The first-order chi connectivity index (χ1) is 13.9. The van der Waals surface area contributed by atoms with Crippen molar-refractivity contribution in [3.05, 3.63) is 71.5 Å². The molecular weight excluding hydrogens is 360 g/mol. The van der Waals surface area contributed by atoms with Crippen molar-refractivity contribution in [3.8, 4) is 0 Å². The van der Waals surface area contributed by atoms with Gasteiger partial charge < -0.3 is 9.72 Å². The van der Waals surface area contributed by atoms with Crippen molar-refractivity contribution in [1.29, 1.82) is 0 Å². The maximum atomic E-state index is 12.6. The highest BCUT2D eigenvalue weighted by molar-refractivity contribution is 5.92. The number of H-pyrrole nitrogens is 1. The lowest BCUT2D eigenvalue weighted by Gasteiger charge is -2.19. The highest BCUT2D eigenvalue weighted by atomic mass is 16.6. The third kappa shape index (κ3) is 3.93. The van der Waals surface area contributed by atoms with Crippen molar-refractivity contribution < 1.29 is 9.53 Å². The molecule has 2 aromatic carbocycles. The number of nitrogens with one attached hydrogen (secondary N) is 1. The van der Waals surface area contributed by atoms with E-state index in [1.165, 1.54) is 27.6 Å². The number of rotatable bonds is 4. The molecule has 0 amide bonds. The summed E-state index contributed by atoms with van der Waals surface area (Å²) in [6, 6.07) is 14.8. The van der Waals surface area contributed by atoms with E-state index in [0.29, 0.717) is 0 Å². The molecule has 0 aliphatic heterocycles. The summed E-state index contributed by atoms with van der Waals surface area (Å²) in [5.74, 6) is 0. The number of aromatic amines is 1. The molecule has 2 aromatic heterocycles. The molecule has 0 radical (unpaired) electrons. The number of benzene rings is 2. The highest BCUT2D eigenvalue weighted by Gasteiger charge is 2.20. The number of aryl methyl sites for hydroxylation is 3. The molecule has 0 unspecified atom stereocenters. The zero-order valence-corrected chi connectivity index (χ0v) is 17.6. The Morgan fingerprint density at radius 1 is 1.03 bits per heavy atom. The standard InChI is InChI=1S/C25H28N2O2/c1-5-18-16-27(24(28)29-25(2,3)4)23-13-11-17(14-21(18)23)10-12-19-15-26-22-9-7-6-8-20(19)22/h6-9,11,13-16,26H,5,10,12H2,1-4H3. The van der Waals surface area contributed by atoms with Crippen molar-refractivity contribution in [2.45, 2.75) is 52.6 Å². The Labute approximate surface area is 171 Å². The van der Waals surface area contributed by atoms with Gasteiger partial charge in [0.05, 0.1) is 5.52 Å². The zero-order chi connectivity index (χ0) is 20.6. The van der Waals surface area contributed by atoms with Crippen LogP contribution in [0.3, 0.4) is 0 Å². The van der Waals surface area contributed by atoms with E-state index in [0.717, 1.165) is 30.2 Å². The second kappa shape index (κ2) is 7.43. The molecule has 4 heteroatoms. The van der Waals surface area contributed by atoms with Gasteiger partial charge in [-0.3, -0.25) is 4.57 Å². The van der Waals surface area contributed by atoms with Crippen molar-refractivity contribution in [2.75, 3.05) is 0 Å². The number of hydrogen-bond acceptors (Lipinski definition) is 2. The van der Waals surface area contributed by atoms with E-state index >= 15 is 0 Å². The fraction of sp³-hybridized carbons (Fsp3) is 0.320. The molecule has 4 rings (SSSR count). The first-order valence-electron chi connectivity index (χ1n) is 10.3. The molecule has 0 saturated carbocycles. The summed E-state index contributed by atoms with van der Waals surface area (Å²) >= 11 is 0. The lowest BCUT2D eigenvalue weighted by molar-refractivity contribution is 0.0544. The molecule has 29 heavy (non-hydrogen) atoms. The van der Waals surface area contributed by atoms with Gasteiger partial charge in [0.15, 0.2) is 0 Å². The Morgan fingerprint density at radius 2 is 1.83 bits per heavy atom. The molecule has 0 atom stereocenters. The first kappa shape index (κ1) is 19.3. The summed E-state index contributed by atoms with van der Waals surface area (Å²) in [5.41, 5.74) is 5.36. The molecule has 0 aliphatic carbocycles. The Morgan fingerprint density at radius 3 is 2.59 bits per heavy atom. The van der Waals surface area contributed by atoms with Gasteiger partial charge >= 0.3 is 6.09 Å². The largest absolute Gasteiger partial charge is 0.443 e. The summed E-state index contributed by atoms with van der Waals surface area (Å²) in [5, 5.41) is 2.42. The van der Waals surface area contributed by atoms with Gasteiger partial charge in [-0.1, -0.05) is 31.2 Å². The molecule has 0 saturated heterocycles. The molecule has 4 nitrogen and oxygen atoms in total. The molecule has 1 N–H and O–H groups in total. The Balaban J connectivity index is 1.61. The van der Waals surface area contributed by atoms with Gasteiger partial charge in [0.25, 0.3) is 0 Å². The fourth-order valence-electron chi connectivity index (χ4n) is 3.86. The van der Waals surface area contributed by atoms with Crippen molar-refractivity contribution >= 4 is 27.9 Å². The maximum absolute atomic E-state index is 12.6. The van der Waals surface area contributed by atoms with E-state index in [1.807, 2.05) is 33.0 Å². The maximum Gasteiger partial charge on any atom is 0.419 e. The number of para-hydroxylation sites is 1. The second-order valence-electron chi connectivity index (χ2n) is 8.57. The van der Waals surface area contributed by atoms with E-state index in [9.17, 15) is 4.79 Å². The number of fused-ring (bicyclic) bond motifs is 2. The van der Waals surface area contributed by atoms with Gasteiger partial charge in [-0.25, -0.2) is 4.79 Å². The summed E-state index contributed by atoms with van der Waals surface area (Å²) in [7, 11) is 0. The molecular formula is C25H28N2O2. The lowest BCUT2D eigenvalue weighted by atomic mass is 10.0. The number of hydrogen-bond donors (Lipinski definition) is 1. The summed E-state index contributed by atoms with van der Waals surface area (Å²) in [6.07, 6.45) is 6.51. The number of ether oxygens (including phenoxy) is 1. The Bertz CT molecular complexity index is 1170. The van der Waals surface area contributed by atoms with Crippen LogP contribution in [0.2, 0.25) is 0 Å². The van der Waals surface area contributed by atoms with Crippen LogP contribution >= 0.6 is 0 Å². The molecule has 0 fully saturated rings. The molecule has 0 spiro atoms. The van der Waals surface area contributed by atoms with Crippen LogP contribution in [-0.4, -0.2) is 21.2 Å². The predicted molar refractivity (Wildman–Crippen MR) is 119 cm³/mol. The number of carbonyl (C=O) groups excluding carboxylic acids is 1. The van der Waals surface area contributed by atoms with Crippen LogP contribution in [0.15, 0.2) is 54.9 Å². The van der Waals surface area contributed by atoms with Gasteiger partial charge in [0, 0.05) is 28.7 Å². The third-order valence-corrected chi connectivity index (χ3v) is 5.28. The molecule has 150 valence electrons. The molecule has 2 heterocycles. The monoisotopic (exact) mass is 388 g/mol. The van der Waals surface area contributed by atoms with Gasteiger partial charge in [0.2, 0.25) is 0 Å². The fourth-order valence-corrected chi connectivity index (χ4v) is 3.86. The van der Waals surface area contributed by atoms with Gasteiger partial charge in [-0.15, -0.1) is 0 Å². The minimum absolute atomic E-state index is 0.325. The smallest absolute Gasteiger partial charge is 0.419 e.